The summed E-state index contributed by atoms with van der Waals surface area (Å²) in [7, 11) is -3.49. The monoisotopic (exact) mass is 455 g/mol. The summed E-state index contributed by atoms with van der Waals surface area (Å²) < 4.78 is 26.8. The minimum absolute atomic E-state index is 0.125. The van der Waals surface area contributed by atoms with Crippen LogP contribution in [0.3, 0.4) is 0 Å². The highest BCUT2D eigenvalue weighted by atomic mass is 32.2. The van der Waals surface area contributed by atoms with E-state index < -0.39 is 10.0 Å². The maximum Gasteiger partial charge on any atom is 0.236 e. The van der Waals surface area contributed by atoms with Crippen LogP contribution >= 0.6 is 0 Å². The molecule has 2 saturated heterocycles. The average molecular weight is 456 g/mol. The van der Waals surface area contributed by atoms with Crippen LogP contribution in [0.1, 0.15) is 18.4 Å². The largest absolute Gasteiger partial charge is 0.508 e. The van der Waals surface area contributed by atoms with Gasteiger partial charge < -0.3 is 14.9 Å². The van der Waals surface area contributed by atoms with Gasteiger partial charge in [0.2, 0.25) is 15.9 Å². The molecule has 0 unspecified atom stereocenters. The van der Waals surface area contributed by atoms with Gasteiger partial charge in [-0.3, -0.25) is 4.79 Å². The first-order chi connectivity index (χ1) is 15.4. The van der Waals surface area contributed by atoms with Crippen LogP contribution in [0.2, 0.25) is 0 Å². The van der Waals surface area contributed by atoms with Gasteiger partial charge in [0.1, 0.15) is 5.75 Å². The molecule has 32 heavy (non-hydrogen) atoms. The van der Waals surface area contributed by atoms with Crippen LogP contribution in [-0.2, 0) is 14.8 Å². The Labute approximate surface area is 189 Å². The molecule has 2 aromatic rings. The molecule has 0 spiro atoms. The van der Waals surface area contributed by atoms with Crippen LogP contribution in [0.15, 0.2) is 60.0 Å². The quantitative estimate of drug-likeness (QED) is 0.750. The van der Waals surface area contributed by atoms with Gasteiger partial charge in [-0.05, 0) is 48.7 Å². The van der Waals surface area contributed by atoms with Crippen LogP contribution in [-0.4, -0.2) is 67.9 Å². The standard InChI is InChI=1S/C24H29N3O4S/c28-23-8-6-22(7-9-23)25-15-17-26(18-16-25)24(29)21-10-13-27(14-11-21)32(30,31)19-12-20-4-2-1-3-5-20/h1-9,12,19,21,28H,10-11,13-18H2/b19-12+. The van der Waals surface area contributed by atoms with Crippen molar-refractivity contribution in [1.82, 2.24) is 9.21 Å². The van der Waals surface area contributed by atoms with Gasteiger partial charge in [0, 0.05) is 56.3 Å². The van der Waals surface area contributed by atoms with Crippen LogP contribution in [0, 0.1) is 5.92 Å². The number of amides is 1. The van der Waals surface area contributed by atoms with Gasteiger partial charge in [0.05, 0.1) is 0 Å². The molecule has 2 fully saturated rings. The Bertz CT molecular complexity index is 1040. The first kappa shape index (κ1) is 22.4. The number of carbonyl (C=O) groups excluding carboxylic acids is 1. The molecular weight excluding hydrogens is 426 g/mol. The molecule has 170 valence electrons. The number of sulfonamides is 1. The molecule has 0 bridgehead atoms. The molecule has 2 aliphatic rings. The summed E-state index contributed by atoms with van der Waals surface area (Å²) in [5.74, 6) is 0.249. The Kier molecular flexibility index (Phi) is 6.81. The van der Waals surface area contributed by atoms with E-state index in [-0.39, 0.29) is 17.6 Å². The zero-order chi connectivity index (χ0) is 22.6. The lowest BCUT2D eigenvalue weighted by molar-refractivity contribution is -0.137. The molecule has 2 aromatic carbocycles. The van der Waals surface area contributed by atoms with Gasteiger partial charge in [-0.25, -0.2) is 8.42 Å². The number of phenols is 1. The highest BCUT2D eigenvalue weighted by Gasteiger charge is 2.33. The third kappa shape index (κ3) is 5.31. The zero-order valence-electron chi connectivity index (χ0n) is 18.0. The molecule has 0 aromatic heterocycles. The first-order valence-electron chi connectivity index (χ1n) is 11.0. The molecule has 2 aliphatic heterocycles. The summed E-state index contributed by atoms with van der Waals surface area (Å²) >= 11 is 0. The molecule has 0 saturated carbocycles. The van der Waals surface area contributed by atoms with Crippen molar-refractivity contribution in [3.8, 4) is 5.75 Å². The summed E-state index contributed by atoms with van der Waals surface area (Å²) in [6.07, 6.45) is 2.71. The van der Waals surface area contributed by atoms with Crippen LogP contribution in [0.5, 0.6) is 5.75 Å². The second-order valence-corrected chi connectivity index (χ2v) is 10.1. The van der Waals surface area contributed by atoms with Crippen molar-refractivity contribution in [1.29, 1.82) is 0 Å². The molecule has 7 nitrogen and oxygen atoms in total. The molecule has 4 rings (SSSR count). The van der Waals surface area contributed by atoms with E-state index in [0.717, 1.165) is 24.3 Å². The van der Waals surface area contributed by atoms with E-state index in [4.69, 9.17) is 0 Å². The fraction of sp³-hybridized carbons (Fsp3) is 0.375. The molecule has 0 radical (unpaired) electrons. The predicted molar refractivity (Wildman–Crippen MR) is 126 cm³/mol. The van der Waals surface area contributed by atoms with E-state index in [0.29, 0.717) is 39.0 Å². The number of hydrogen-bond donors (Lipinski definition) is 1. The molecule has 0 atom stereocenters. The third-order valence-electron chi connectivity index (χ3n) is 6.20. The second-order valence-electron chi connectivity index (χ2n) is 8.26. The average Bonchev–Trinajstić information content (AvgIpc) is 2.84. The number of rotatable bonds is 5. The molecular formula is C24H29N3O4S. The first-order valence-corrected chi connectivity index (χ1v) is 12.5. The fourth-order valence-electron chi connectivity index (χ4n) is 4.28. The predicted octanol–water partition coefficient (Wildman–Crippen LogP) is 2.75. The van der Waals surface area contributed by atoms with E-state index >= 15 is 0 Å². The highest BCUT2D eigenvalue weighted by molar-refractivity contribution is 7.92. The fourth-order valence-corrected chi connectivity index (χ4v) is 5.50. The molecule has 0 aliphatic carbocycles. The van der Waals surface area contributed by atoms with Crippen LogP contribution in [0.4, 0.5) is 5.69 Å². The van der Waals surface area contributed by atoms with Crippen molar-refractivity contribution in [3.63, 3.8) is 0 Å². The summed E-state index contributed by atoms with van der Waals surface area (Å²) in [6.45, 7) is 3.52. The molecule has 1 N–H and O–H groups in total. The van der Waals surface area contributed by atoms with Crippen molar-refractivity contribution in [2.45, 2.75) is 12.8 Å². The Hall–Kier alpha value is -2.84. The minimum atomic E-state index is -3.49. The van der Waals surface area contributed by atoms with E-state index in [9.17, 15) is 18.3 Å². The van der Waals surface area contributed by atoms with E-state index in [1.807, 2.05) is 47.4 Å². The number of phenolic OH excluding ortho intramolecular Hbond substituents is 1. The number of hydrogen-bond acceptors (Lipinski definition) is 5. The Morgan fingerprint density at radius 3 is 2.12 bits per heavy atom. The van der Waals surface area contributed by atoms with Crippen molar-refractivity contribution in [3.05, 3.63) is 65.6 Å². The normalized spacial score (nSPS) is 18.9. The molecule has 8 heteroatoms. The van der Waals surface area contributed by atoms with Crippen LogP contribution < -0.4 is 4.90 Å². The number of anilines is 1. The van der Waals surface area contributed by atoms with Crippen molar-refractivity contribution < 1.29 is 18.3 Å². The van der Waals surface area contributed by atoms with E-state index in [1.165, 1.54) is 9.71 Å². The van der Waals surface area contributed by atoms with Gasteiger partial charge in [0.15, 0.2) is 0 Å². The molecule has 1 amide bonds. The van der Waals surface area contributed by atoms with Gasteiger partial charge in [0.25, 0.3) is 0 Å². The topological polar surface area (TPSA) is 81.2 Å². The number of piperidine rings is 1. The van der Waals surface area contributed by atoms with Gasteiger partial charge in [-0.2, -0.15) is 4.31 Å². The Morgan fingerprint density at radius 2 is 1.50 bits per heavy atom. The number of benzene rings is 2. The maximum absolute atomic E-state index is 13.0. The van der Waals surface area contributed by atoms with Crippen molar-refractivity contribution in [2.24, 2.45) is 5.92 Å². The third-order valence-corrected chi connectivity index (χ3v) is 7.77. The Morgan fingerprint density at radius 1 is 0.875 bits per heavy atom. The number of aromatic hydroxyl groups is 1. The van der Waals surface area contributed by atoms with Crippen LogP contribution in [0.25, 0.3) is 6.08 Å². The summed E-state index contributed by atoms with van der Waals surface area (Å²) in [5.41, 5.74) is 1.88. The lowest BCUT2D eigenvalue weighted by Gasteiger charge is -2.39. The Balaban J connectivity index is 1.27. The minimum Gasteiger partial charge on any atom is -0.508 e. The number of carbonyl (C=O) groups is 1. The maximum atomic E-state index is 13.0. The highest BCUT2D eigenvalue weighted by Crippen LogP contribution is 2.25. The number of piperazine rings is 1. The van der Waals surface area contributed by atoms with E-state index in [2.05, 4.69) is 4.90 Å². The lowest BCUT2D eigenvalue weighted by atomic mass is 9.96. The van der Waals surface area contributed by atoms with Gasteiger partial charge in [-0.15, -0.1) is 0 Å². The summed E-state index contributed by atoms with van der Waals surface area (Å²) in [5, 5.41) is 10.7. The summed E-state index contributed by atoms with van der Waals surface area (Å²) in [6, 6.07) is 16.5. The SMILES string of the molecule is O=C(C1CCN(S(=O)(=O)/C=C/c2ccccc2)CC1)N1CCN(c2ccc(O)cc2)CC1. The summed E-state index contributed by atoms with van der Waals surface area (Å²) in [4.78, 5) is 17.1. The smallest absolute Gasteiger partial charge is 0.236 e. The van der Waals surface area contributed by atoms with Gasteiger partial charge in [-0.1, -0.05) is 30.3 Å². The molecule has 2 heterocycles. The van der Waals surface area contributed by atoms with Gasteiger partial charge >= 0.3 is 0 Å². The number of nitrogens with zero attached hydrogens (tertiary/aromatic N) is 3. The lowest BCUT2D eigenvalue weighted by Crippen LogP contribution is -2.52. The van der Waals surface area contributed by atoms with Crippen molar-refractivity contribution >= 4 is 27.7 Å². The second kappa shape index (κ2) is 9.75. The van der Waals surface area contributed by atoms with Crippen molar-refractivity contribution in [2.75, 3.05) is 44.2 Å². The van der Waals surface area contributed by atoms with E-state index in [1.54, 1.807) is 18.2 Å². The zero-order valence-corrected chi connectivity index (χ0v) is 18.8.